The van der Waals surface area contributed by atoms with Gasteiger partial charge in [0.1, 0.15) is 0 Å². The largest absolute Gasteiger partial charge is 0.356 e. The number of carbonyl (C=O) groups excluding carboxylic acids is 1. The molecule has 13 heavy (non-hydrogen) atoms. The molecular formula is C11H25NO. The Morgan fingerprint density at radius 3 is 2.08 bits per heavy atom. The lowest BCUT2D eigenvalue weighted by atomic mass is 10.1. The number of hydrogen-bond donors (Lipinski definition) is 1. The molecule has 2 heteroatoms. The Kier molecular flexibility index (Phi) is 13.2. The lowest BCUT2D eigenvalue weighted by molar-refractivity contribution is -0.119. The average molecular weight is 187 g/mol. The summed E-state index contributed by atoms with van der Waals surface area (Å²) in [7, 11) is 0. The zero-order chi connectivity index (χ0) is 10.7. The quantitative estimate of drug-likeness (QED) is 0.720. The van der Waals surface area contributed by atoms with Gasteiger partial charge in [-0.15, -0.1) is 0 Å². The number of amides is 1. The highest BCUT2D eigenvalue weighted by Gasteiger charge is 1.99. The predicted octanol–water partition coefficient (Wildman–Crippen LogP) is 2.98. The summed E-state index contributed by atoms with van der Waals surface area (Å²) in [6, 6.07) is 0. The van der Waals surface area contributed by atoms with Gasteiger partial charge in [-0.2, -0.15) is 0 Å². The molecule has 0 aromatic heterocycles. The molecular weight excluding hydrogens is 162 g/mol. The van der Waals surface area contributed by atoms with Crippen LogP contribution in [0.1, 0.15) is 53.9 Å². The van der Waals surface area contributed by atoms with Gasteiger partial charge in [0, 0.05) is 13.5 Å². The van der Waals surface area contributed by atoms with E-state index in [1.165, 1.54) is 19.3 Å². The maximum absolute atomic E-state index is 10.4. The highest BCUT2D eigenvalue weighted by molar-refractivity contribution is 5.72. The number of hydrogen-bond acceptors (Lipinski definition) is 1. The lowest BCUT2D eigenvalue weighted by Crippen LogP contribution is -2.25. The van der Waals surface area contributed by atoms with Gasteiger partial charge in [-0.05, 0) is 12.3 Å². The molecule has 1 unspecified atom stereocenters. The molecule has 80 valence electrons. The maximum Gasteiger partial charge on any atom is 0.216 e. The fourth-order valence-electron chi connectivity index (χ4n) is 0.913. The first-order chi connectivity index (χ1) is 6.08. The monoisotopic (exact) mass is 187 g/mol. The fourth-order valence-corrected chi connectivity index (χ4v) is 0.913. The molecule has 0 saturated carbocycles. The van der Waals surface area contributed by atoms with Gasteiger partial charge in [-0.1, -0.05) is 40.5 Å². The van der Waals surface area contributed by atoms with Gasteiger partial charge in [-0.25, -0.2) is 0 Å². The van der Waals surface area contributed by atoms with Gasteiger partial charge in [0.05, 0.1) is 0 Å². The van der Waals surface area contributed by atoms with Crippen LogP contribution in [-0.2, 0) is 4.79 Å². The zero-order valence-electron chi connectivity index (χ0n) is 9.81. The standard InChI is InChI=1S/C8H17NO.C3H8/c1-4-5-7(2)6-9-8(3)10;1-3-2/h7H,4-6H2,1-3H3,(H,9,10);3H2,1-2H3. The summed E-state index contributed by atoms with van der Waals surface area (Å²) < 4.78 is 0. The third-order valence-electron chi connectivity index (χ3n) is 1.48. The van der Waals surface area contributed by atoms with Gasteiger partial charge in [0.25, 0.3) is 0 Å². The maximum atomic E-state index is 10.4. The summed E-state index contributed by atoms with van der Waals surface area (Å²) in [5.41, 5.74) is 0. The molecule has 0 aliphatic heterocycles. The van der Waals surface area contributed by atoms with Crippen molar-refractivity contribution in [3.63, 3.8) is 0 Å². The van der Waals surface area contributed by atoms with Crippen molar-refractivity contribution >= 4 is 5.91 Å². The summed E-state index contributed by atoms with van der Waals surface area (Å²) in [6.07, 6.45) is 3.64. The van der Waals surface area contributed by atoms with Gasteiger partial charge < -0.3 is 5.32 Å². The molecule has 0 aromatic rings. The van der Waals surface area contributed by atoms with Gasteiger partial charge in [0.2, 0.25) is 5.91 Å². The Hall–Kier alpha value is -0.530. The van der Waals surface area contributed by atoms with Gasteiger partial charge in [-0.3, -0.25) is 4.79 Å². The van der Waals surface area contributed by atoms with Crippen molar-refractivity contribution in [2.45, 2.75) is 53.9 Å². The van der Waals surface area contributed by atoms with Crippen LogP contribution in [0.5, 0.6) is 0 Å². The Morgan fingerprint density at radius 1 is 1.31 bits per heavy atom. The van der Waals surface area contributed by atoms with Crippen LogP contribution in [0.2, 0.25) is 0 Å². The van der Waals surface area contributed by atoms with E-state index in [4.69, 9.17) is 0 Å². The van der Waals surface area contributed by atoms with Crippen LogP contribution < -0.4 is 5.32 Å². The van der Waals surface area contributed by atoms with E-state index in [0.29, 0.717) is 5.92 Å². The molecule has 1 atom stereocenters. The smallest absolute Gasteiger partial charge is 0.216 e. The molecule has 0 spiro atoms. The van der Waals surface area contributed by atoms with Crippen LogP contribution in [0.15, 0.2) is 0 Å². The average Bonchev–Trinajstić information content (AvgIpc) is 2.03. The predicted molar refractivity (Wildman–Crippen MR) is 58.7 cm³/mol. The minimum atomic E-state index is 0.0722. The van der Waals surface area contributed by atoms with Crippen molar-refractivity contribution in [1.29, 1.82) is 0 Å². The van der Waals surface area contributed by atoms with E-state index >= 15 is 0 Å². The Morgan fingerprint density at radius 2 is 1.77 bits per heavy atom. The molecule has 0 heterocycles. The first-order valence-electron chi connectivity index (χ1n) is 5.32. The van der Waals surface area contributed by atoms with Gasteiger partial charge >= 0.3 is 0 Å². The summed E-state index contributed by atoms with van der Waals surface area (Å²) in [4.78, 5) is 10.4. The molecule has 1 amide bonds. The van der Waals surface area contributed by atoms with E-state index in [-0.39, 0.29) is 5.91 Å². The molecule has 0 aliphatic carbocycles. The molecule has 0 radical (unpaired) electrons. The summed E-state index contributed by atoms with van der Waals surface area (Å²) in [6.45, 7) is 10.9. The van der Waals surface area contributed by atoms with E-state index in [0.717, 1.165) is 6.54 Å². The fraction of sp³-hybridized carbons (Fsp3) is 0.909. The molecule has 0 saturated heterocycles. The van der Waals surface area contributed by atoms with Crippen molar-refractivity contribution in [1.82, 2.24) is 5.32 Å². The van der Waals surface area contributed by atoms with Crippen LogP contribution in [-0.4, -0.2) is 12.5 Å². The SMILES string of the molecule is CCC.CCCC(C)CNC(C)=O. The molecule has 2 nitrogen and oxygen atoms in total. The van der Waals surface area contributed by atoms with Crippen LogP contribution >= 0.6 is 0 Å². The van der Waals surface area contributed by atoms with Crippen molar-refractivity contribution in [2.75, 3.05) is 6.54 Å². The van der Waals surface area contributed by atoms with Crippen LogP contribution in [0.25, 0.3) is 0 Å². The molecule has 0 rings (SSSR count). The van der Waals surface area contributed by atoms with E-state index in [1.54, 1.807) is 6.92 Å². The van der Waals surface area contributed by atoms with Crippen LogP contribution in [0.3, 0.4) is 0 Å². The topological polar surface area (TPSA) is 29.1 Å². The molecule has 1 N–H and O–H groups in total. The normalized spacial score (nSPS) is 11.2. The van der Waals surface area contributed by atoms with E-state index < -0.39 is 0 Å². The first kappa shape index (κ1) is 15.0. The third kappa shape index (κ3) is 18.4. The number of carbonyl (C=O) groups is 1. The minimum Gasteiger partial charge on any atom is -0.356 e. The molecule has 0 fully saturated rings. The van der Waals surface area contributed by atoms with Crippen LogP contribution in [0, 0.1) is 5.92 Å². The lowest BCUT2D eigenvalue weighted by Gasteiger charge is -2.09. The number of rotatable bonds is 4. The first-order valence-corrected chi connectivity index (χ1v) is 5.32. The zero-order valence-corrected chi connectivity index (χ0v) is 9.81. The number of nitrogens with one attached hydrogen (secondary N) is 1. The second kappa shape index (κ2) is 11.5. The van der Waals surface area contributed by atoms with Crippen molar-refractivity contribution in [3.8, 4) is 0 Å². The Bertz CT molecular complexity index is 113. The molecule has 0 aliphatic rings. The minimum absolute atomic E-state index is 0.0722. The van der Waals surface area contributed by atoms with Gasteiger partial charge in [0.15, 0.2) is 0 Å². The van der Waals surface area contributed by atoms with Crippen molar-refractivity contribution in [2.24, 2.45) is 5.92 Å². The highest BCUT2D eigenvalue weighted by Crippen LogP contribution is 2.01. The molecule has 0 aromatic carbocycles. The Balaban J connectivity index is 0. The van der Waals surface area contributed by atoms with Crippen LogP contribution in [0.4, 0.5) is 0 Å². The Labute approximate surface area is 83.1 Å². The second-order valence-electron chi connectivity index (χ2n) is 3.54. The summed E-state index contributed by atoms with van der Waals surface area (Å²) in [5.74, 6) is 0.692. The van der Waals surface area contributed by atoms with E-state index in [2.05, 4.69) is 33.0 Å². The third-order valence-corrected chi connectivity index (χ3v) is 1.48. The second-order valence-corrected chi connectivity index (χ2v) is 3.54. The summed E-state index contributed by atoms with van der Waals surface area (Å²) in [5, 5.41) is 2.79. The summed E-state index contributed by atoms with van der Waals surface area (Å²) >= 11 is 0. The van der Waals surface area contributed by atoms with Crippen molar-refractivity contribution in [3.05, 3.63) is 0 Å². The van der Waals surface area contributed by atoms with Crippen molar-refractivity contribution < 1.29 is 4.79 Å². The van der Waals surface area contributed by atoms with E-state index in [1.807, 2.05) is 0 Å². The van der Waals surface area contributed by atoms with E-state index in [9.17, 15) is 4.79 Å². The molecule has 0 bridgehead atoms. The highest BCUT2D eigenvalue weighted by atomic mass is 16.1.